The summed E-state index contributed by atoms with van der Waals surface area (Å²) in [5.74, 6) is 0.580. The van der Waals surface area contributed by atoms with Crippen LogP contribution in [-0.4, -0.2) is 30.1 Å². The van der Waals surface area contributed by atoms with Gasteiger partial charge in [-0.15, -0.1) is 0 Å². The molecule has 2 aliphatic rings. The largest absolute Gasteiger partial charge is 0.379 e. The first kappa shape index (κ1) is 14.5. The van der Waals surface area contributed by atoms with Crippen LogP contribution in [0.5, 0.6) is 0 Å². The first-order chi connectivity index (χ1) is 10.2. The number of amides is 1. The van der Waals surface area contributed by atoms with Crippen molar-refractivity contribution in [1.29, 1.82) is 0 Å². The zero-order valence-corrected chi connectivity index (χ0v) is 12.7. The van der Waals surface area contributed by atoms with Crippen LogP contribution in [0.3, 0.4) is 0 Å². The number of rotatable bonds is 4. The van der Waals surface area contributed by atoms with Crippen molar-refractivity contribution in [2.45, 2.75) is 45.1 Å². The molecular weight excluding hydrogens is 264 g/mol. The number of hydrogen-bond acceptors (Lipinski definition) is 3. The standard InChI is InChI=1S/C17H24N2O2/c1-17(6-2-3-7-17)16(20)19-15-12-21-11-14(15)10-13-4-8-18-9-5-13/h4-5,8-9,14-15H,2-3,6-7,10-12H2,1H3,(H,19,20)/t14-,15+/m1/s1. The zero-order chi connectivity index (χ0) is 14.7. The van der Waals surface area contributed by atoms with Crippen LogP contribution >= 0.6 is 0 Å². The zero-order valence-electron chi connectivity index (χ0n) is 12.7. The highest BCUT2D eigenvalue weighted by molar-refractivity contribution is 5.82. The molecule has 2 fully saturated rings. The fraction of sp³-hybridized carbons (Fsp3) is 0.647. The fourth-order valence-corrected chi connectivity index (χ4v) is 3.51. The molecule has 0 bridgehead atoms. The van der Waals surface area contributed by atoms with Gasteiger partial charge in [0.15, 0.2) is 0 Å². The van der Waals surface area contributed by atoms with Gasteiger partial charge >= 0.3 is 0 Å². The number of carbonyl (C=O) groups is 1. The molecule has 1 aromatic rings. The summed E-state index contributed by atoms with van der Waals surface area (Å²) in [5, 5.41) is 3.25. The SMILES string of the molecule is CC1(C(=O)N[C@H]2COC[C@H]2Cc2ccncc2)CCCC1. The van der Waals surface area contributed by atoms with Crippen molar-refractivity contribution in [1.82, 2.24) is 10.3 Å². The molecule has 0 unspecified atom stereocenters. The van der Waals surface area contributed by atoms with Crippen molar-refractivity contribution in [3.63, 3.8) is 0 Å². The van der Waals surface area contributed by atoms with Gasteiger partial charge in [-0.2, -0.15) is 0 Å². The molecule has 1 aliphatic heterocycles. The maximum Gasteiger partial charge on any atom is 0.226 e. The van der Waals surface area contributed by atoms with Gasteiger partial charge in [0.1, 0.15) is 0 Å². The molecule has 4 nitrogen and oxygen atoms in total. The van der Waals surface area contributed by atoms with Crippen LogP contribution in [0.4, 0.5) is 0 Å². The number of nitrogens with zero attached hydrogens (tertiary/aromatic N) is 1. The summed E-state index contributed by atoms with van der Waals surface area (Å²) in [4.78, 5) is 16.6. The van der Waals surface area contributed by atoms with Gasteiger partial charge in [-0.05, 0) is 37.0 Å². The Morgan fingerprint density at radius 3 is 2.76 bits per heavy atom. The molecule has 0 aromatic carbocycles. The predicted molar refractivity (Wildman–Crippen MR) is 80.8 cm³/mol. The third-order valence-corrected chi connectivity index (χ3v) is 5.02. The van der Waals surface area contributed by atoms with E-state index < -0.39 is 0 Å². The van der Waals surface area contributed by atoms with Crippen molar-refractivity contribution in [2.24, 2.45) is 11.3 Å². The fourth-order valence-electron chi connectivity index (χ4n) is 3.51. The van der Waals surface area contributed by atoms with E-state index in [2.05, 4.69) is 17.2 Å². The van der Waals surface area contributed by atoms with Crippen molar-refractivity contribution >= 4 is 5.91 Å². The lowest BCUT2D eigenvalue weighted by molar-refractivity contribution is -0.130. The monoisotopic (exact) mass is 288 g/mol. The molecule has 114 valence electrons. The summed E-state index contributed by atoms with van der Waals surface area (Å²) in [7, 11) is 0. The van der Waals surface area contributed by atoms with E-state index in [-0.39, 0.29) is 17.4 Å². The van der Waals surface area contributed by atoms with Crippen LogP contribution in [0.25, 0.3) is 0 Å². The molecule has 1 amide bonds. The first-order valence-electron chi connectivity index (χ1n) is 7.95. The highest BCUT2D eigenvalue weighted by Gasteiger charge is 2.39. The Balaban J connectivity index is 1.60. The van der Waals surface area contributed by atoms with Gasteiger partial charge in [-0.3, -0.25) is 9.78 Å². The van der Waals surface area contributed by atoms with Gasteiger partial charge in [-0.1, -0.05) is 19.8 Å². The van der Waals surface area contributed by atoms with Gasteiger partial charge in [-0.25, -0.2) is 0 Å². The molecule has 0 radical (unpaired) electrons. The lowest BCUT2D eigenvalue weighted by atomic mass is 9.86. The van der Waals surface area contributed by atoms with E-state index in [1.54, 1.807) is 0 Å². The second kappa shape index (κ2) is 6.14. The van der Waals surface area contributed by atoms with Gasteiger partial charge < -0.3 is 10.1 Å². The number of hydrogen-bond donors (Lipinski definition) is 1. The average Bonchev–Trinajstić information content (AvgIpc) is 3.11. The molecule has 1 aromatic heterocycles. The average molecular weight is 288 g/mol. The second-order valence-electron chi connectivity index (χ2n) is 6.70. The lowest BCUT2D eigenvalue weighted by Gasteiger charge is -2.27. The van der Waals surface area contributed by atoms with Crippen LogP contribution in [-0.2, 0) is 16.0 Å². The number of pyridine rings is 1. The van der Waals surface area contributed by atoms with Crippen molar-refractivity contribution in [2.75, 3.05) is 13.2 Å². The summed E-state index contributed by atoms with van der Waals surface area (Å²) in [6.45, 7) is 3.46. The van der Waals surface area contributed by atoms with Crippen LogP contribution in [0.1, 0.15) is 38.2 Å². The predicted octanol–water partition coefficient (Wildman–Crippen LogP) is 2.34. The molecule has 4 heteroatoms. The maximum absolute atomic E-state index is 12.5. The Bertz CT molecular complexity index is 483. The maximum atomic E-state index is 12.5. The van der Waals surface area contributed by atoms with Crippen LogP contribution < -0.4 is 5.32 Å². The van der Waals surface area contributed by atoms with Crippen molar-refractivity contribution < 1.29 is 9.53 Å². The van der Waals surface area contributed by atoms with Gasteiger partial charge in [0.05, 0.1) is 19.3 Å². The van der Waals surface area contributed by atoms with Gasteiger partial charge in [0.25, 0.3) is 0 Å². The van der Waals surface area contributed by atoms with E-state index in [9.17, 15) is 4.79 Å². The third kappa shape index (κ3) is 3.26. The summed E-state index contributed by atoms with van der Waals surface area (Å²) in [6, 6.07) is 4.22. The Morgan fingerprint density at radius 2 is 2.05 bits per heavy atom. The molecule has 1 saturated heterocycles. The molecule has 2 heterocycles. The Hall–Kier alpha value is -1.42. The van der Waals surface area contributed by atoms with Crippen molar-refractivity contribution in [3.05, 3.63) is 30.1 Å². The first-order valence-corrected chi connectivity index (χ1v) is 7.95. The minimum absolute atomic E-state index is 0.142. The lowest BCUT2D eigenvalue weighted by Crippen LogP contribution is -2.46. The molecule has 2 atom stereocenters. The molecule has 1 N–H and O–H groups in total. The molecule has 1 saturated carbocycles. The van der Waals surface area contributed by atoms with E-state index in [1.807, 2.05) is 24.5 Å². The van der Waals surface area contributed by atoms with E-state index in [0.29, 0.717) is 12.5 Å². The van der Waals surface area contributed by atoms with E-state index in [1.165, 1.54) is 18.4 Å². The highest BCUT2D eigenvalue weighted by Crippen LogP contribution is 2.38. The van der Waals surface area contributed by atoms with Crippen LogP contribution in [0.15, 0.2) is 24.5 Å². The number of carbonyl (C=O) groups excluding carboxylic acids is 1. The molecule has 0 spiro atoms. The number of nitrogens with one attached hydrogen (secondary N) is 1. The summed E-state index contributed by atoms with van der Waals surface area (Å²) in [6.07, 6.45) is 8.95. The Labute approximate surface area is 126 Å². The topological polar surface area (TPSA) is 51.2 Å². The molecule has 21 heavy (non-hydrogen) atoms. The van der Waals surface area contributed by atoms with Gasteiger partial charge in [0, 0.05) is 23.7 Å². The minimum Gasteiger partial charge on any atom is -0.379 e. The number of ether oxygens (including phenoxy) is 1. The van der Waals surface area contributed by atoms with Gasteiger partial charge in [0.2, 0.25) is 5.91 Å². The van der Waals surface area contributed by atoms with E-state index >= 15 is 0 Å². The normalized spacial score (nSPS) is 27.7. The minimum atomic E-state index is -0.163. The molecular formula is C17H24N2O2. The highest BCUT2D eigenvalue weighted by atomic mass is 16.5. The molecule has 1 aliphatic carbocycles. The van der Waals surface area contributed by atoms with E-state index in [4.69, 9.17) is 4.74 Å². The van der Waals surface area contributed by atoms with E-state index in [0.717, 1.165) is 25.9 Å². The smallest absolute Gasteiger partial charge is 0.226 e. The number of aromatic nitrogens is 1. The summed E-state index contributed by atoms with van der Waals surface area (Å²) < 4.78 is 5.61. The van der Waals surface area contributed by atoms with Crippen LogP contribution in [0.2, 0.25) is 0 Å². The Kier molecular flexibility index (Phi) is 4.24. The Morgan fingerprint density at radius 1 is 1.33 bits per heavy atom. The summed E-state index contributed by atoms with van der Waals surface area (Å²) in [5.41, 5.74) is 1.09. The second-order valence-corrected chi connectivity index (χ2v) is 6.70. The third-order valence-electron chi connectivity index (χ3n) is 5.02. The van der Waals surface area contributed by atoms with Crippen LogP contribution in [0, 0.1) is 11.3 Å². The summed E-state index contributed by atoms with van der Waals surface area (Å²) >= 11 is 0. The quantitative estimate of drug-likeness (QED) is 0.925. The van der Waals surface area contributed by atoms with Crippen molar-refractivity contribution in [3.8, 4) is 0 Å². The molecule has 3 rings (SSSR count).